The second-order valence-electron chi connectivity index (χ2n) is 6.61. The quantitative estimate of drug-likeness (QED) is 0.831. The summed E-state index contributed by atoms with van der Waals surface area (Å²) in [5.74, 6) is 0.0413. The summed E-state index contributed by atoms with van der Waals surface area (Å²) in [7, 11) is 0. The van der Waals surface area contributed by atoms with Crippen molar-refractivity contribution in [1.82, 2.24) is 4.90 Å². The lowest BCUT2D eigenvalue weighted by Crippen LogP contribution is -2.46. The summed E-state index contributed by atoms with van der Waals surface area (Å²) >= 11 is 5.90. The van der Waals surface area contributed by atoms with Crippen molar-refractivity contribution in [3.8, 4) is 0 Å². The predicted molar refractivity (Wildman–Crippen MR) is 109 cm³/mol. The zero-order chi connectivity index (χ0) is 18.4. The number of hydrogen-bond acceptors (Lipinski definition) is 3. The molecule has 0 saturated carbocycles. The monoisotopic (exact) mass is 371 g/mol. The van der Waals surface area contributed by atoms with E-state index in [1.165, 1.54) is 0 Å². The molecule has 1 aliphatic rings. The fourth-order valence-corrected chi connectivity index (χ4v) is 3.41. The van der Waals surface area contributed by atoms with Crippen LogP contribution in [0.25, 0.3) is 0 Å². The highest BCUT2D eigenvalue weighted by Gasteiger charge is 2.18. The summed E-state index contributed by atoms with van der Waals surface area (Å²) in [4.78, 5) is 17.2. The first-order valence-corrected chi connectivity index (χ1v) is 9.64. The highest BCUT2D eigenvalue weighted by Crippen LogP contribution is 2.27. The Morgan fingerprint density at radius 1 is 1.04 bits per heavy atom. The van der Waals surface area contributed by atoms with Gasteiger partial charge in [0, 0.05) is 37.6 Å². The first-order chi connectivity index (χ1) is 12.7. The number of halogens is 1. The van der Waals surface area contributed by atoms with Crippen LogP contribution in [-0.2, 0) is 11.2 Å². The van der Waals surface area contributed by atoms with E-state index in [0.717, 1.165) is 54.7 Å². The predicted octanol–water partition coefficient (Wildman–Crippen LogP) is 4.05. The molecule has 0 aromatic heterocycles. The second-order valence-corrected chi connectivity index (χ2v) is 7.05. The summed E-state index contributed by atoms with van der Waals surface area (Å²) in [5.41, 5.74) is 3.13. The van der Waals surface area contributed by atoms with Gasteiger partial charge in [-0.15, -0.1) is 0 Å². The first-order valence-electron chi connectivity index (χ1n) is 9.26. The molecule has 4 nitrogen and oxygen atoms in total. The molecular formula is C21H26ClN3O. The number of hydrogen-bond donors (Lipinski definition) is 1. The van der Waals surface area contributed by atoms with Gasteiger partial charge in [-0.05, 0) is 42.8 Å². The van der Waals surface area contributed by atoms with Gasteiger partial charge < -0.3 is 15.1 Å². The average Bonchev–Trinajstić information content (AvgIpc) is 2.68. The second kappa shape index (κ2) is 9.06. The summed E-state index contributed by atoms with van der Waals surface area (Å²) < 4.78 is 0. The molecule has 2 aromatic carbocycles. The van der Waals surface area contributed by atoms with E-state index in [1.54, 1.807) is 0 Å². The van der Waals surface area contributed by atoms with Crippen LogP contribution in [0, 0.1) is 0 Å². The lowest BCUT2D eigenvalue weighted by atomic mass is 10.1. The Morgan fingerprint density at radius 3 is 2.42 bits per heavy atom. The van der Waals surface area contributed by atoms with E-state index in [9.17, 15) is 4.79 Å². The van der Waals surface area contributed by atoms with Crippen LogP contribution >= 0.6 is 11.6 Å². The van der Waals surface area contributed by atoms with E-state index >= 15 is 0 Å². The molecule has 1 amide bonds. The maximum Gasteiger partial charge on any atom is 0.224 e. The Balaban J connectivity index is 1.59. The Kier molecular flexibility index (Phi) is 6.53. The normalized spacial score (nSPS) is 15.1. The van der Waals surface area contributed by atoms with Crippen LogP contribution in [0.15, 0.2) is 48.5 Å². The van der Waals surface area contributed by atoms with Crippen LogP contribution in [0.2, 0.25) is 5.02 Å². The van der Waals surface area contributed by atoms with E-state index in [-0.39, 0.29) is 5.91 Å². The van der Waals surface area contributed by atoms with Crippen molar-refractivity contribution >= 4 is 28.9 Å². The maximum atomic E-state index is 12.4. The van der Waals surface area contributed by atoms with E-state index in [4.69, 9.17) is 11.6 Å². The topological polar surface area (TPSA) is 35.6 Å². The number of aryl methyl sites for hydroxylation is 1. The molecule has 26 heavy (non-hydrogen) atoms. The molecule has 5 heteroatoms. The minimum atomic E-state index is 0.0413. The molecule has 0 aliphatic carbocycles. The number of rotatable bonds is 6. The molecule has 3 rings (SSSR count). The molecule has 1 fully saturated rings. The molecule has 0 radical (unpaired) electrons. The third kappa shape index (κ3) is 4.99. The molecule has 0 bridgehead atoms. The average molecular weight is 372 g/mol. The molecule has 1 aliphatic heterocycles. The van der Waals surface area contributed by atoms with Gasteiger partial charge in [-0.3, -0.25) is 4.79 Å². The molecule has 1 saturated heterocycles. The molecule has 1 N–H and O–H groups in total. The van der Waals surface area contributed by atoms with Gasteiger partial charge >= 0.3 is 0 Å². The standard InChI is InChI=1S/C21H26ClN3O/c1-2-24-13-15-25(16-14-24)20-6-4-3-5-19(20)23-21(26)12-9-17-7-10-18(22)11-8-17/h3-8,10-11H,2,9,12-16H2,1H3,(H,23,26). The smallest absolute Gasteiger partial charge is 0.224 e. The van der Waals surface area contributed by atoms with Crippen LogP contribution in [0.1, 0.15) is 18.9 Å². The van der Waals surface area contributed by atoms with Gasteiger partial charge in [0.15, 0.2) is 0 Å². The third-order valence-corrected chi connectivity index (χ3v) is 5.14. The van der Waals surface area contributed by atoms with Crippen LogP contribution in [-0.4, -0.2) is 43.5 Å². The minimum absolute atomic E-state index is 0.0413. The minimum Gasteiger partial charge on any atom is -0.367 e. The number of nitrogens with zero attached hydrogens (tertiary/aromatic N) is 2. The first kappa shape index (κ1) is 18.7. The van der Waals surface area contributed by atoms with Gasteiger partial charge in [-0.2, -0.15) is 0 Å². The van der Waals surface area contributed by atoms with Crippen molar-refractivity contribution in [2.24, 2.45) is 0 Å². The lowest BCUT2D eigenvalue weighted by Gasteiger charge is -2.36. The number of carbonyl (C=O) groups is 1. The molecule has 0 spiro atoms. The highest BCUT2D eigenvalue weighted by atomic mass is 35.5. The van der Waals surface area contributed by atoms with Crippen molar-refractivity contribution in [1.29, 1.82) is 0 Å². The number of nitrogens with one attached hydrogen (secondary N) is 1. The van der Waals surface area contributed by atoms with Gasteiger partial charge in [0.25, 0.3) is 0 Å². The number of amides is 1. The maximum absolute atomic E-state index is 12.4. The molecule has 1 heterocycles. The summed E-state index contributed by atoms with van der Waals surface area (Å²) in [5, 5.41) is 3.81. The summed E-state index contributed by atoms with van der Waals surface area (Å²) in [6, 6.07) is 15.7. The van der Waals surface area contributed by atoms with Crippen LogP contribution < -0.4 is 10.2 Å². The van der Waals surface area contributed by atoms with Crippen LogP contribution in [0.5, 0.6) is 0 Å². The number of benzene rings is 2. The number of piperazine rings is 1. The molecule has 0 atom stereocenters. The fraction of sp³-hybridized carbons (Fsp3) is 0.381. The largest absolute Gasteiger partial charge is 0.367 e. The van der Waals surface area contributed by atoms with Gasteiger partial charge in [0.2, 0.25) is 5.91 Å². The third-order valence-electron chi connectivity index (χ3n) is 4.89. The van der Waals surface area contributed by atoms with Crippen molar-refractivity contribution in [3.05, 3.63) is 59.1 Å². The van der Waals surface area contributed by atoms with E-state index in [2.05, 4.69) is 28.1 Å². The molecular weight excluding hydrogens is 346 g/mol. The number of likely N-dealkylation sites (N-methyl/N-ethyl adjacent to an activating group) is 1. The molecule has 138 valence electrons. The zero-order valence-corrected chi connectivity index (χ0v) is 16.0. The van der Waals surface area contributed by atoms with Crippen LogP contribution in [0.3, 0.4) is 0 Å². The fourth-order valence-electron chi connectivity index (χ4n) is 3.28. The van der Waals surface area contributed by atoms with Gasteiger partial charge in [0.05, 0.1) is 11.4 Å². The van der Waals surface area contributed by atoms with Crippen molar-refractivity contribution in [3.63, 3.8) is 0 Å². The molecule has 0 unspecified atom stereocenters. The number of para-hydroxylation sites is 2. The zero-order valence-electron chi connectivity index (χ0n) is 15.2. The Bertz CT molecular complexity index is 724. The van der Waals surface area contributed by atoms with Gasteiger partial charge in [-0.1, -0.05) is 42.8 Å². The van der Waals surface area contributed by atoms with Crippen molar-refractivity contribution in [2.75, 3.05) is 42.9 Å². The Labute approximate surface area is 160 Å². The van der Waals surface area contributed by atoms with Gasteiger partial charge in [0.1, 0.15) is 0 Å². The van der Waals surface area contributed by atoms with E-state index in [0.29, 0.717) is 12.8 Å². The highest BCUT2D eigenvalue weighted by molar-refractivity contribution is 6.30. The summed E-state index contributed by atoms with van der Waals surface area (Å²) in [6.45, 7) is 7.41. The Hall–Kier alpha value is -2.04. The number of carbonyl (C=O) groups excluding carboxylic acids is 1. The van der Waals surface area contributed by atoms with Gasteiger partial charge in [-0.25, -0.2) is 0 Å². The van der Waals surface area contributed by atoms with E-state index < -0.39 is 0 Å². The van der Waals surface area contributed by atoms with Crippen molar-refractivity contribution < 1.29 is 4.79 Å². The Morgan fingerprint density at radius 2 is 1.73 bits per heavy atom. The SMILES string of the molecule is CCN1CCN(c2ccccc2NC(=O)CCc2ccc(Cl)cc2)CC1. The van der Waals surface area contributed by atoms with E-state index in [1.807, 2.05) is 42.5 Å². The lowest BCUT2D eigenvalue weighted by molar-refractivity contribution is -0.116. The molecule has 2 aromatic rings. The van der Waals surface area contributed by atoms with Crippen molar-refractivity contribution in [2.45, 2.75) is 19.8 Å². The summed E-state index contributed by atoms with van der Waals surface area (Å²) in [6.07, 6.45) is 1.17. The number of anilines is 2. The van der Waals surface area contributed by atoms with Crippen LogP contribution in [0.4, 0.5) is 11.4 Å².